The molecule has 1 amide bonds. The quantitative estimate of drug-likeness (QED) is 0.842. The van der Waals surface area contributed by atoms with Gasteiger partial charge in [-0.15, -0.1) is 0 Å². The summed E-state index contributed by atoms with van der Waals surface area (Å²) in [5.74, 6) is 1.46. The van der Waals surface area contributed by atoms with Gasteiger partial charge in [0.2, 0.25) is 11.8 Å². The van der Waals surface area contributed by atoms with Gasteiger partial charge in [-0.25, -0.2) is 0 Å². The molecule has 7 heteroatoms. The van der Waals surface area contributed by atoms with E-state index in [-0.39, 0.29) is 18.0 Å². The number of nitrogens with two attached hydrogens (primary N) is 1. The average Bonchev–Trinajstić information content (AvgIpc) is 3.03. The summed E-state index contributed by atoms with van der Waals surface area (Å²) < 4.78 is 5.31. The van der Waals surface area contributed by atoms with Gasteiger partial charge in [0.15, 0.2) is 5.82 Å². The van der Waals surface area contributed by atoms with Crippen LogP contribution in [0.25, 0.3) is 0 Å². The SMILES string of the molecule is CCCC(N)C(=O)N1CCN(C(C)c2nc(CC)no2)CC1. The highest BCUT2D eigenvalue weighted by molar-refractivity contribution is 5.81. The van der Waals surface area contributed by atoms with Crippen LogP contribution in [0.3, 0.4) is 0 Å². The normalized spacial score (nSPS) is 19.2. The van der Waals surface area contributed by atoms with Gasteiger partial charge >= 0.3 is 0 Å². The second-order valence-corrected chi connectivity index (χ2v) is 5.83. The number of aryl methyl sites for hydroxylation is 1. The number of rotatable bonds is 6. The molecule has 2 rings (SSSR count). The molecule has 0 spiro atoms. The van der Waals surface area contributed by atoms with Gasteiger partial charge in [-0.2, -0.15) is 4.98 Å². The van der Waals surface area contributed by atoms with Crippen LogP contribution in [0, 0.1) is 0 Å². The monoisotopic (exact) mass is 309 g/mol. The Hall–Kier alpha value is -1.47. The molecule has 0 aliphatic carbocycles. The Morgan fingerprint density at radius 1 is 1.32 bits per heavy atom. The van der Waals surface area contributed by atoms with Gasteiger partial charge in [0.05, 0.1) is 12.1 Å². The Labute approximate surface area is 131 Å². The second-order valence-electron chi connectivity index (χ2n) is 5.83. The van der Waals surface area contributed by atoms with Crippen molar-refractivity contribution in [2.45, 2.75) is 52.1 Å². The Kier molecular flexibility index (Phi) is 5.90. The van der Waals surface area contributed by atoms with Gasteiger partial charge in [0.25, 0.3) is 0 Å². The van der Waals surface area contributed by atoms with Crippen LogP contribution in [-0.4, -0.2) is 58.1 Å². The summed E-state index contributed by atoms with van der Waals surface area (Å²) in [6.45, 7) is 9.12. The molecule has 2 atom stereocenters. The summed E-state index contributed by atoms with van der Waals surface area (Å²) in [7, 11) is 0. The standard InChI is InChI=1S/C15H27N5O2/c1-4-6-12(16)15(21)20-9-7-19(8-10-20)11(3)14-17-13(5-2)18-22-14/h11-12H,4-10,16H2,1-3H3. The topological polar surface area (TPSA) is 88.5 Å². The van der Waals surface area contributed by atoms with Gasteiger partial charge in [0.1, 0.15) is 0 Å². The van der Waals surface area contributed by atoms with E-state index in [1.165, 1.54) is 0 Å². The largest absolute Gasteiger partial charge is 0.339 e. The summed E-state index contributed by atoms with van der Waals surface area (Å²) in [4.78, 5) is 20.7. The molecule has 1 saturated heterocycles. The molecule has 1 aliphatic heterocycles. The minimum Gasteiger partial charge on any atom is -0.339 e. The van der Waals surface area contributed by atoms with E-state index in [4.69, 9.17) is 10.3 Å². The Morgan fingerprint density at radius 2 is 2.00 bits per heavy atom. The fourth-order valence-corrected chi connectivity index (χ4v) is 2.74. The second kappa shape index (κ2) is 7.69. The molecular weight excluding hydrogens is 282 g/mol. The molecule has 0 aromatic carbocycles. The van der Waals surface area contributed by atoms with Crippen LogP contribution in [-0.2, 0) is 11.2 Å². The molecule has 1 aliphatic rings. The zero-order valence-electron chi connectivity index (χ0n) is 13.8. The maximum Gasteiger partial charge on any atom is 0.243 e. The number of carbonyl (C=O) groups excluding carboxylic acids is 1. The first-order valence-electron chi connectivity index (χ1n) is 8.17. The number of hydrogen-bond donors (Lipinski definition) is 1. The van der Waals surface area contributed by atoms with E-state index in [0.29, 0.717) is 19.0 Å². The van der Waals surface area contributed by atoms with Crippen molar-refractivity contribution in [2.75, 3.05) is 26.2 Å². The smallest absolute Gasteiger partial charge is 0.243 e. The van der Waals surface area contributed by atoms with E-state index in [9.17, 15) is 4.79 Å². The molecule has 0 bridgehead atoms. The maximum absolute atomic E-state index is 12.2. The molecule has 124 valence electrons. The first kappa shape index (κ1) is 16.9. The number of hydrogen-bond acceptors (Lipinski definition) is 6. The van der Waals surface area contributed by atoms with Crippen molar-refractivity contribution >= 4 is 5.91 Å². The molecule has 0 saturated carbocycles. The number of amides is 1. The van der Waals surface area contributed by atoms with Crippen molar-refractivity contribution in [1.29, 1.82) is 0 Å². The van der Waals surface area contributed by atoms with Crippen LogP contribution in [0.1, 0.15) is 51.4 Å². The maximum atomic E-state index is 12.2. The third kappa shape index (κ3) is 3.84. The van der Waals surface area contributed by atoms with Crippen LogP contribution in [0.5, 0.6) is 0 Å². The molecule has 7 nitrogen and oxygen atoms in total. The van der Waals surface area contributed by atoms with E-state index in [1.54, 1.807) is 0 Å². The molecule has 2 unspecified atom stereocenters. The number of aromatic nitrogens is 2. The van der Waals surface area contributed by atoms with Gasteiger partial charge in [-0.05, 0) is 13.3 Å². The van der Waals surface area contributed by atoms with Crippen molar-refractivity contribution in [2.24, 2.45) is 5.73 Å². The van der Waals surface area contributed by atoms with Crippen molar-refractivity contribution in [1.82, 2.24) is 19.9 Å². The van der Waals surface area contributed by atoms with E-state index in [0.717, 1.165) is 38.2 Å². The van der Waals surface area contributed by atoms with Crippen LogP contribution in [0.2, 0.25) is 0 Å². The molecule has 1 fully saturated rings. The number of carbonyl (C=O) groups is 1. The zero-order chi connectivity index (χ0) is 16.1. The first-order valence-corrected chi connectivity index (χ1v) is 8.17. The summed E-state index contributed by atoms with van der Waals surface area (Å²) in [5, 5.41) is 3.94. The summed E-state index contributed by atoms with van der Waals surface area (Å²) >= 11 is 0. The Morgan fingerprint density at radius 3 is 2.55 bits per heavy atom. The molecule has 2 N–H and O–H groups in total. The fraction of sp³-hybridized carbons (Fsp3) is 0.800. The average molecular weight is 309 g/mol. The van der Waals surface area contributed by atoms with Crippen LogP contribution >= 0.6 is 0 Å². The first-order chi connectivity index (χ1) is 10.6. The van der Waals surface area contributed by atoms with Crippen molar-refractivity contribution in [3.05, 3.63) is 11.7 Å². The Balaban J connectivity index is 1.87. The third-order valence-corrected chi connectivity index (χ3v) is 4.25. The van der Waals surface area contributed by atoms with Gasteiger partial charge in [0, 0.05) is 32.6 Å². The number of nitrogens with zero attached hydrogens (tertiary/aromatic N) is 4. The lowest BCUT2D eigenvalue weighted by molar-refractivity contribution is -0.134. The Bertz CT molecular complexity index is 482. The van der Waals surface area contributed by atoms with Crippen LogP contribution in [0.4, 0.5) is 0 Å². The van der Waals surface area contributed by atoms with Crippen LogP contribution in [0.15, 0.2) is 4.52 Å². The van der Waals surface area contributed by atoms with Crippen molar-refractivity contribution in [3.63, 3.8) is 0 Å². The highest BCUT2D eigenvalue weighted by Crippen LogP contribution is 2.20. The lowest BCUT2D eigenvalue weighted by Crippen LogP contribution is -2.53. The molecule has 1 aromatic heterocycles. The zero-order valence-corrected chi connectivity index (χ0v) is 13.8. The third-order valence-electron chi connectivity index (χ3n) is 4.25. The summed E-state index contributed by atoms with van der Waals surface area (Å²) in [6.07, 6.45) is 2.45. The molecule has 0 radical (unpaired) electrons. The fourth-order valence-electron chi connectivity index (χ4n) is 2.74. The van der Waals surface area contributed by atoms with E-state index in [1.807, 2.05) is 18.7 Å². The van der Waals surface area contributed by atoms with E-state index < -0.39 is 0 Å². The van der Waals surface area contributed by atoms with Crippen molar-refractivity contribution < 1.29 is 9.32 Å². The minimum absolute atomic E-state index is 0.0696. The van der Waals surface area contributed by atoms with Crippen molar-refractivity contribution in [3.8, 4) is 0 Å². The van der Waals surface area contributed by atoms with E-state index >= 15 is 0 Å². The van der Waals surface area contributed by atoms with Gasteiger partial charge < -0.3 is 15.2 Å². The summed E-state index contributed by atoms with van der Waals surface area (Å²) in [5.41, 5.74) is 5.92. The predicted molar refractivity (Wildman–Crippen MR) is 83.1 cm³/mol. The molecular formula is C15H27N5O2. The van der Waals surface area contributed by atoms with Crippen LogP contribution < -0.4 is 5.73 Å². The highest BCUT2D eigenvalue weighted by atomic mass is 16.5. The highest BCUT2D eigenvalue weighted by Gasteiger charge is 2.29. The lowest BCUT2D eigenvalue weighted by Gasteiger charge is -2.37. The number of piperazine rings is 1. The van der Waals surface area contributed by atoms with E-state index in [2.05, 4.69) is 22.0 Å². The van der Waals surface area contributed by atoms with Gasteiger partial charge in [-0.3, -0.25) is 9.69 Å². The lowest BCUT2D eigenvalue weighted by atomic mass is 10.1. The molecule has 2 heterocycles. The minimum atomic E-state index is -0.364. The molecule has 1 aromatic rings. The predicted octanol–water partition coefficient (Wildman–Crippen LogP) is 0.965. The molecule has 22 heavy (non-hydrogen) atoms. The summed E-state index contributed by atoms with van der Waals surface area (Å²) in [6, 6.07) is -0.286. The van der Waals surface area contributed by atoms with Gasteiger partial charge in [-0.1, -0.05) is 25.4 Å².